The first-order valence-electron chi connectivity index (χ1n) is 7.75. The van der Waals surface area contributed by atoms with Crippen LogP contribution in [0.25, 0.3) is 0 Å². The zero-order valence-electron chi connectivity index (χ0n) is 13.3. The van der Waals surface area contributed by atoms with Gasteiger partial charge in [-0.1, -0.05) is 49.6 Å². The van der Waals surface area contributed by atoms with Crippen molar-refractivity contribution in [3.05, 3.63) is 59.1 Å². The van der Waals surface area contributed by atoms with Crippen molar-refractivity contribution in [2.45, 2.75) is 37.9 Å². The molecule has 0 aliphatic rings. The Bertz CT molecular complexity index is 674. The average Bonchev–Trinajstić information content (AvgIpc) is 2.53. The highest BCUT2D eigenvalue weighted by Crippen LogP contribution is 2.47. The summed E-state index contributed by atoms with van der Waals surface area (Å²) in [6, 6.07) is 12.5. The number of rotatable bonds is 6. The Hall–Kier alpha value is -1.88. The number of hydrogen-bond acceptors (Lipinski definition) is 2. The lowest BCUT2D eigenvalue weighted by Crippen LogP contribution is -2.49. The van der Waals surface area contributed by atoms with Gasteiger partial charge in [-0.25, -0.2) is 0 Å². The molecule has 0 bridgehead atoms. The number of unbranched alkanes of at least 4 members (excludes halogenated alkanes) is 1. The van der Waals surface area contributed by atoms with Crippen molar-refractivity contribution < 1.29 is 13.2 Å². The summed E-state index contributed by atoms with van der Waals surface area (Å²) in [5.41, 5.74) is 4.01. The molecule has 0 amide bonds. The van der Waals surface area contributed by atoms with Crippen molar-refractivity contribution in [1.82, 2.24) is 0 Å². The highest BCUT2D eigenvalue weighted by atomic mass is 35.5. The van der Waals surface area contributed by atoms with Gasteiger partial charge in [0, 0.05) is 22.0 Å². The SMILES string of the molecule is CCCCC(Nc1ccccc1)(c1cc(Cl)ccc1N)C(F)(F)F. The summed E-state index contributed by atoms with van der Waals surface area (Å²) < 4.78 is 42.7. The molecule has 0 aliphatic carbocycles. The van der Waals surface area contributed by atoms with Gasteiger partial charge in [0.2, 0.25) is 0 Å². The van der Waals surface area contributed by atoms with E-state index in [0.29, 0.717) is 18.5 Å². The average molecular weight is 357 g/mol. The van der Waals surface area contributed by atoms with Crippen molar-refractivity contribution in [3.63, 3.8) is 0 Å². The third-order valence-electron chi connectivity index (χ3n) is 4.00. The molecule has 1 unspecified atom stereocenters. The zero-order valence-corrected chi connectivity index (χ0v) is 14.1. The van der Waals surface area contributed by atoms with Crippen LogP contribution < -0.4 is 11.1 Å². The van der Waals surface area contributed by atoms with Gasteiger partial charge in [-0.05, 0) is 36.8 Å². The molecule has 2 rings (SSSR count). The van der Waals surface area contributed by atoms with Gasteiger partial charge in [0.05, 0.1) is 0 Å². The number of nitrogens with one attached hydrogen (secondary N) is 1. The number of nitrogens with two attached hydrogens (primary N) is 1. The highest BCUT2D eigenvalue weighted by molar-refractivity contribution is 6.30. The molecule has 2 aromatic carbocycles. The molecule has 0 fully saturated rings. The van der Waals surface area contributed by atoms with Gasteiger partial charge in [-0.3, -0.25) is 0 Å². The van der Waals surface area contributed by atoms with Gasteiger partial charge in [-0.15, -0.1) is 0 Å². The highest BCUT2D eigenvalue weighted by Gasteiger charge is 2.56. The fourth-order valence-corrected chi connectivity index (χ4v) is 2.91. The molecule has 0 saturated heterocycles. The summed E-state index contributed by atoms with van der Waals surface area (Å²) in [4.78, 5) is 0. The number of anilines is 2. The summed E-state index contributed by atoms with van der Waals surface area (Å²) in [6.45, 7) is 1.85. The molecule has 2 aromatic rings. The maximum atomic E-state index is 14.2. The fourth-order valence-electron chi connectivity index (χ4n) is 2.74. The molecule has 0 saturated carbocycles. The normalized spacial score (nSPS) is 14.2. The van der Waals surface area contributed by atoms with E-state index in [1.165, 1.54) is 18.2 Å². The smallest absolute Gasteiger partial charge is 0.398 e. The lowest BCUT2D eigenvalue weighted by Gasteiger charge is -2.39. The number of nitrogen functional groups attached to an aromatic ring is 1. The van der Waals surface area contributed by atoms with Crippen LogP contribution in [-0.4, -0.2) is 6.18 Å². The van der Waals surface area contributed by atoms with Crippen LogP contribution in [0.15, 0.2) is 48.5 Å². The molecule has 0 aromatic heterocycles. The van der Waals surface area contributed by atoms with E-state index in [9.17, 15) is 13.2 Å². The predicted molar refractivity (Wildman–Crippen MR) is 93.2 cm³/mol. The topological polar surface area (TPSA) is 38.0 Å². The molecule has 0 spiro atoms. The monoisotopic (exact) mass is 356 g/mol. The number of halogens is 4. The largest absolute Gasteiger partial charge is 0.415 e. The molecule has 3 N–H and O–H groups in total. The molecule has 1 atom stereocenters. The van der Waals surface area contributed by atoms with E-state index >= 15 is 0 Å². The van der Waals surface area contributed by atoms with Crippen LogP contribution in [0.4, 0.5) is 24.5 Å². The number of alkyl halides is 3. The summed E-state index contributed by atoms with van der Waals surface area (Å²) >= 11 is 5.96. The van der Waals surface area contributed by atoms with Crippen molar-refractivity contribution in [2.24, 2.45) is 0 Å². The Morgan fingerprint density at radius 3 is 2.33 bits per heavy atom. The van der Waals surface area contributed by atoms with E-state index in [2.05, 4.69) is 5.32 Å². The first-order chi connectivity index (χ1) is 11.3. The van der Waals surface area contributed by atoms with E-state index in [4.69, 9.17) is 17.3 Å². The second-order valence-corrected chi connectivity index (χ2v) is 6.17. The van der Waals surface area contributed by atoms with Crippen molar-refractivity contribution in [2.75, 3.05) is 11.1 Å². The molecule has 2 nitrogen and oxygen atoms in total. The van der Waals surface area contributed by atoms with Gasteiger partial charge in [-0.2, -0.15) is 13.2 Å². The minimum Gasteiger partial charge on any atom is -0.398 e. The zero-order chi connectivity index (χ0) is 17.8. The van der Waals surface area contributed by atoms with E-state index in [1.54, 1.807) is 30.3 Å². The third kappa shape index (κ3) is 3.78. The molecular weight excluding hydrogens is 337 g/mol. The maximum absolute atomic E-state index is 14.2. The minimum atomic E-state index is -4.54. The van der Waals surface area contributed by atoms with Gasteiger partial charge in [0.1, 0.15) is 0 Å². The fraction of sp³-hybridized carbons (Fsp3) is 0.333. The number of hydrogen-bond donors (Lipinski definition) is 2. The van der Waals surface area contributed by atoms with Crippen molar-refractivity contribution in [1.29, 1.82) is 0 Å². The molecule has 24 heavy (non-hydrogen) atoms. The summed E-state index contributed by atoms with van der Waals surface area (Å²) in [6.07, 6.45) is -3.65. The van der Waals surface area contributed by atoms with Crippen LogP contribution in [0.3, 0.4) is 0 Å². The van der Waals surface area contributed by atoms with Crippen molar-refractivity contribution >= 4 is 23.0 Å². The van der Waals surface area contributed by atoms with Crippen LogP contribution in [-0.2, 0) is 5.54 Å². The Morgan fingerprint density at radius 2 is 1.75 bits per heavy atom. The molecule has 0 radical (unpaired) electrons. The second-order valence-electron chi connectivity index (χ2n) is 5.73. The van der Waals surface area contributed by atoms with Gasteiger partial charge in [0.25, 0.3) is 0 Å². The van der Waals surface area contributed by atoms with Gasteiger partial charge in [0.15, 0.2) is 5.54 Å². The Kier molecular flexibility index (Phi) is 5.65. The molecule has 6 heteroatoms. The Balaban J connectivity index is 2.63. The van der Waals surface area contributed by atoms with Gasteiger partial charge >= 0.3 is 6.18 Å². The third-order valence-corrected chi connectivity index (χ3v) is 4.23. The van der Waals surface area contributed by atoms with Crippen LogP contribution in [0.5, 0.6) is 0 Å². The predicted octanol–water partition coefficient (Wildman–Crippen LogP) is 5.98. The Labute approximate surface area is 144 Å². The summed E-state index contributed by atoms with van der Waals surface area (Å²) in [5.74, 6) is 0. The van der Waals surface area contributed by atoms with Crippen LogP contribution in [0, 0.1) is 0 Å². The lowest BCUT2D eigenvalue weighted by molar-refractivity contribution is -0.184. The minimum absolute atomic E-state index is 0.0418. The number of para-hydroxylation sites is 1. The second kappa shape index (κ2) is 7.34. The Morgan fingerprint density at radius 1 is 1.08 bits per heavy atom. The summed E-state index contributed by atoms with van der Waals surface area (Å²) in [5, 5.41) is 2.91. The molecule has 130 valence electrons. The van der Waals surface area contributed by atoms with E-state index < -0.39 is 11.7 Å². The van der Waals surface area contributed by atoms with Crippen LogP contribution >= 0.6 is 11.6 Å². The molecule has 0 heterocycles. The van der Waals surface area contributed by atoms with Crippen LogP contribution in [0.1, 0.15) is 31.7 Å². The maximum Gasteiger partial charge on any atom is 0.415 e. The van der Waals surface area contributed by atoms with Crippen LogP contribution in [0.2, 0.25) is 5.02 Å². The van der Waals surface area contributed by atoms with E-state index in [1.807, 2.05) is 6.92 Å². The first-order valence-corrected chi connectivity index (χ1v) is 8.13. The van der Waals surface area contributed by atoms with E-state index in [-0.39, 0.29) is 22.7 Å². The molecule has 0 aliphatic heterocycles. The standard InChI is InChI=1S/C18H20ClF3N2/c1-2-3-11-17(18(20,21)22,24-14-7-5-4-6-8-14)15-12-13(19)9-10-16(15)23/h4-10,12,24H,2-3,11,23H2,1H3. The van der Waals surface area contributed by atoms with Crippen molar-refractivity contribution in [3.8, 4) is 0 Å². The van der Waals surface area contributed by atoms with E-state index in [0.717, 1.165) is 0 Å². The molecular formula is C18H20ClF3N2. The quantitative estimate of drug-likeness (QED) is 0.624. The lowest BCUT2D eigenvalue weighted by atomic mass is 9.82. The first kappa shape index (κ1) is 18.5. The van der Waals surface area contributed by atoms with Gasteiger partial charge < -0.3 is 11.1 Å². The number of benzene rings is 2. The summed E-state index contributed by atoms with van der Waals surface area (Å²) in [7, 11) is 0.